The molecule has 0 aromatic carbocycles. The number of carbonyl (C=O) groups is 1. The Bertz CT molecular complexity index is 145. The molecule has 0 heterocycles. The third kappa shape index (κ3) is 6.89. The molecule has 0 radical (unpaired) electrons. The van der Waals surface area contributed by atoms with Gasteiger partial charge < -0.3 is 9.47 Å². The Morgan fingerprint density at radius 3 is 2.50 bits per heavy atom. The standard InChI is InChI=1S/C11H22O3/c1-4-7-8-10(5-2)14-9-11(12)13-6-3/h10H,4-9H2,1-3H3. The van der Waals surface area contributed by atoms with Crippen LogP contribution in [0.5, 0.6) is 0 Å². The summed E-state index contributed by atoms with van der Waals surface area (Å²) in [6, 6.07) is 0. The lowest BCUT2D eigenvalue weighted by atomic mass is 10.1. The molecule has 0 bridgehead atoms. The minimum atomic E-state index is -0.262. The van der Waals surface area contributed by atoms with Crippen molar-refractivity contribution in [3.63, 3.8) is 0 Å². The zero-order valence-corrected chi connectivity index (χ0v) is 9.54. The fourth-order valence-electron chi connectivity index (χ4n) is 1.23. The highest BCUT2D eigenvalue weighted by atomic mass is 16.6. The molecule has 0 fully saturated rings. The lowest BCUT2D eigenvalue weighted by Gasteiger charge is -2.14. The quantitative estimate of drug-likeness (QED) is 0.567. The average Bonchev–Trinajstić information content (AvgIpc) is 2.19. The van der Waals surface area contributed by atoms with Gasteiger partial charge in [-0.25, -0.2) is 4.79 Å². The first-order valence-corrected chi connectivity index (χ1v) is 5.51. The molecular weight excluding hydrogens is 180 g/mol. The van der Waals surface area contributed by atoms with Gasteiger partial charge in [-0.2, -0.15) is 0 Å². The van der Waals surface area contributed by atoms with Crippen molar-refractivity contribution in [2.45, 2.75) is 52.6 Å². The molecule has 0 amide bonds. The Balaban J connectivity index is 3.55. The van der Waals surface area contributed by atoms with E-state index in [-0.39, 0.29) is 18.7 Å². The van der Waals surface area contributed by atoms with Crippen molar-refractivity contribution in [1.29, 1.82) is 0 Å². The van der Waals surface area contributed by atoms with E-state index in [0.29, 0.717) is 6.61 Å². The fourth-order valence-corrected chi connectivity index (χ4v) is 1.23. The molecule has 84 valence electrons. The van der Waals surface area contributed by atoms with Crippen LogP contribution in [0.2, 0.25) is 0 Å². The van der Waals surface area contributed by atoms with Crippen LogP contribution >= 0.6 is 0 Å². The Hall–Kier alpha value is -0.570. The van der Waals surface area contributed by atoms with Crippen molar-refractivity contribution in [3.8, 4) is 0 Å². The molecule has 0 N–H and O–H groups in total. The van der Waals surface area contributed by atoms with Gasteiger partial charge in [-0.3, -0.25) is 0 Å². The molecule has 1 unspecified atom stereocenters. The summed E-state index contributed by atoms with van der Waals surface area (Å²) >= 11 is 0. The average molecular weight is 202 g/mol. The summed E-state index contributed by atoms with van der Waals surface area (Å²) < 4.78 is 10.2. The minimum Gasteiger partial charge on any atom is -0.464 e. The van der Waals surface area contributed by atoms with Crippen molar-refractivity contribution in [1.82, 2.24) is 0 Å². The van der Waals surface area contributed by atoms with Crippen molar-refractivity contribution in [2.75, 3.05) is 13.2 Å². The first-order valence-electron chi connectivity index (χ1n) is 5.51. The number of hydrogen-bond donors (Lipinski definition) is 0. The van der Waals surface area contributed by atoms with Crippen LogP contribution in [0.25, 0.3) is 0 Å². The normalized spacial score (nSPS) is 12.5. The number of rotatable bonds is 8. The van der Waals surface area contributed by atoms with Gasteiger partial charge in [-0.15, -0.1) is 0 Å². The van der Waals surface area contributed by atoms with Gasteiger partial charge in [0.05, 0.1) is 12.7 Å². The second kappa shape index (κ2) is 9.00. The summed E-state index contributed by atoms with van der Waals surface area (Å²) in [4.78, 5) is 11.0. The maximum Gasteiger partial charge on any atom is 0.332 e. The van der Waals surface area contributed by atoms with Crippen LogP contribution in [0.15, 0.2) is 0 Å². The molecule has 0 rings (SSSR count). The van der Waals surface area contributed by atoms with E-state index in [1.54, 1.807) is 6.92 Å². The predicted octanol–water partition coefficient (Wildman–Crippen LogP) is 2.53. The Kier molecular flexibility index (Phi) is 8.64. The van der Waals surface area contributed by atoms with E-state index in [4.69, 9.17) is 9.47 Å². The lowest BCUT2D eigenvalue weighted by Crippen LogP contribution is -2.19. The first kappa shape index (κ1) is 13.4. The third-order valence-corrected chi connectivity index (χ3v) is 2.08. The number of hydrogen-bond acceptors (Lipinski definition) is 3. The van der Waals surface area contributed by atoms with E-state index < -0.39 is 0 Å². The second-order valence-electron chi connectivity index (χ2n) is 3.29. The molecule has 1 atom stereocenters. The lowest BCUT2D eigenvalue weighted by molar-refractivity contribution is -0.150. The second-order valence-corrected chi connectivity index (χ2v) is 3.29. The molecule has 3 nitrogen and oxygen atoms in total. The smallest absolute Gasteiger partial charge is 0.332 e. The van der Waals surface area contributed by atoms with E-state index in [9.17, 15) is 4.79 Å². The van der Waals surface area contributed by atoms with Gasteiger partial charge in [0, 0.05) is 0 Å². The van der Waals surface area contributed by atoms with Crippen LogP contribution in [0.3, 0.4) is 0 Å². The van der Waals surface area contributed by atoms with Gasteiger partial charge in [-0.05, 0) is 19.8 Å². The highest BCUT2D eigenvalue weighted by molar-refractivity contribution is 5.70. The maximum atomic E-state index is 11.0. The van der Waals surface area contributed by atoms with E-state index >= 15 is 0 Å². The third-order valence-electron chi connectivity index (χ3n) is 2.08. The summed E-state index contributed by atoms with van der Waals surface area (Å²) in [5.41, 5.74) is 0. The highest BCUT2D eigenvalue weighted by Gasteiger charge is 2.09. The topological polar surface area (TPSA) is 35.5 Å². The number of esters is 1. The molecular formula is C11H22O3. The van der Waals surface area contributed by atoms with Crippen molar-refractivity contribution < 1.29 is 14.3 Å². The van der Waals surface area contributed by atoms with Crippen molar-refractivity contribution in [2.24, 2.45) is 0 Å². The van der Waals surface area contributed by atoms with Crippen LogP contribution < -0.4 is 0 Å². The van der Waals surface area contributed by atoms with E-state index in [0.717, 1.165) is 19.3 Å². The summed E-state index contributed by atoms with van der Waals surface area (Å²) in [6.07, 6.45) is 4.52. The molecule has 0 aromatic heterocycles. The van der Waals surface area contributed by atoms with Gasteiger partial charge >= 0.3 is 5.97 Å². The van der Waals surface area contributed by atoms with Crippen LogP contribution in [0.4, 0.5) is 0 Å². The molecule has 0 saturated carbocycles. The van der Waals surface area contributed by atoms with Gasteiger partial charge in [0.15, 0.2) is 0 Å². The van der Waals surface area contributed by atoms with E-state index in [1.807, 2.05) is 0 Å². The minimum absolute atomic E-state index is 0.0933. The highest BCUT2D eigenvalue weighted by Crippen LogP contribution is 2.08. The SMILES string of the molecule is CCCCC(CC)OCC(=O)OCC. The van der Waals surface area contributed by atoms with Crippen LogP contribution in [-0.2, 0) is 14.3 Å². The van der Waals surface area contributed by atoms with Crippen LogP contribution in [0.1, 0.15) is 46.5 Å². The molecule has 0 spiro atoms. The summed E-state index contributed by atoms with van der Waals surface area (Å²) in [5, 5.41) is 0. The van der Waals surface area contributed by atoms with Crippen LogP contribution in [-0.4, -0.2) is 25.3 Å². The number of ether oxygens (including phenoxy) is 2. The molecule has 14 heavy (non-hydrogen) atoms. The molecule has 0 aliphatic rings. The van der Waals surface area contributed by atoms with Gasteiger partial charge in [0.25, 0.3) is 0 Å². The van der Waals surface area contributed by atoms with E-state index in [2.05, 4.69) is 13.8 Å². The van der Waals surface area contributed by atoms with Gasteiger partial charge in [0.2, 0.25) is 0 Å². The van der Waals surface area contributed by atoms with Crippen molar-refractivity contribution >= 4 is 5.97 Å². The molecule has 3 heteroatoms. The maximum absolute atomic E-state index is 11.0. The fraction of sp³-hybridized carbons (Fsp3) is 0.909. The molecule has 0 aliphatic carbocycles. The van der Waals surface area contributed by atoms with Gasteiger partial charge in [-0.1, -0.05) is 26.7 Å². The van der Waals surface area contributed by atoms with E-state index in [1.165, 1.54) is 6.42 Å². The molecule has 0 aliphatic heterocycles. The number of carbonyl (C=O) groups excluding carboxylic acids is 1. The largest absolute Gasteiger partial charge is 0.464 e. The Morgan fingerprint density at radius 1 is 1.29 bits per heavy atom. The zero-order valence-electron chi connectivity index (χ0n) is 9.54. The summed E-state index contributed by atoms with van der Waals surface area (Å²) in [6.45, 7) is 6.54. The van der Waals surface area contributed by atoms with Gasteiger partial charge in [0.1, 0.15) is 6.61 Å². The monoisotopic (exact) mass is 202 g/mol. The molecule has 0 aromatic rings. The Labute approximate surface area is 86.8 Å². The zero-order chi connectivity index (χ0) is 10.8. The van der Waals surface area contributed by atoms with Crippen molar-refractivity contribution in [3.05, 3.63) is 0 Å². The first-order chi connectivity index (χ1) is 6.74. The summed E-state index contributed by atoms with van der Waals surface area (Å²) in [5.74, 6) is -0.262. The number of unbranched alkanes of at least 4 members (excludes halogenated alkanes) is 1. The van der Waals surface area contributed by atoms with Crippen LogP contribution in [0, 0.1) is 0 Å². The molecule has 0 saturated heterocycles. The summed E-state index contributed by atoms with van der Waals surface area (Å²) in [7, 11) is 0. The Morgan fingerprint density at radius 2 is 2.00 bits per heavy atom. The predicted molar refractivity (Wildman–Crippen MR) is 56.2 cm³/mol.